The van der Waals surface area contributed by atoms with Gasteiger partial charge in [-0.25, -0.2) is 9.48 Å². The number of para-hydroxylation sites is 1. The highest BCUT2D eigenvalue weighted by atomic mass is 16.4. The van der Waals surface area contributed by atoms with Gasteiger partial charge in [0.25, 0.3) is 5.91 Å². The first-order valence-corrected chi connectivity index (χ1v) is 11.3. The topological polar surface area (TPSA) is 84.2 Å². The predicted octanol–water partition coefficient (Wildman–Crippen LogP) is 5.12. The van der Waals surface area contributed by atoms with Gasteiger partial charge in [-0.3, -0.25) is 4.79 Å². The Morgan fingerprint density at radius 3 is 2.17 bits per heavy atom. The Hall–Kier alpha value is -4.71. The molecule has 0 saturated carbocycles. The molecule has 4 aromatic carbocycles. The van der Waals surface area contributed by atoms with Gasteiger partial charge in [0, 0.05) is 12.0 Å². The number of carboxylic acids is 1. The quantitative estimate of drug-likeness (QED) is 0.352. The number of fused-ring (bicyclic) bond motifs is 1. The monoisotopic (exact) mass is 461 g/mol. The van der Waals surface area contributed by atoms with Crippen molar-refractivity contribution < 1.29 is 14.7 Å². The van der Waals surface area contributed by atoms with Gasteiger partial charge in [0.2, 0.25) is 0 Å². The molecular weight excluding hydrogens is 438 g/mol. The molecule has 0 bridgehead atoms. The number of benzene rings is 4. The van der Waals surface area contributed by atoms with Crippen LogP contribution in [0.1, 0.15) is 16.1 Å². The summed E-state index contributed by atoms with van der Waals surface area (Å²) in [5.41, 5.74) is 3.41. The molecule has 0 spiro atoms. The van der Waals surface area contributed by atoms with E-state index < -0.39 is 17.9 Å². The summed E-state index contributed by atoms with van der Waals surface area (Å²) >= 11 is 0. The Morgan fingerprint density at radius 2 is 1.46 bits per heavy atom. The second-order valence-electron chi connectivity index (χ2n) is 8.28. The molecule has 0 aliphatic rings. The van der Waals surface area contributed by atoms with Crippen molar-refractivity contribution in [2.45, 2.75) is 12.5 Å². The van der Waals surface area contributed by atoms with Gasteiger partial charge in [0.05, 0.1) is 11.4 Å². The highest BCUT2D eigenvalue weighted by Crippen LogP contribution is 2.27. The number of carbonyl (C=O) groups is 2. The molecular formula is C29H23N3O3. The number of nitrogens with one attached hydrogen (secondary N) is 1. The lowest BCUT2D eigenvalue weighted by atomic mass is 10.0. The van der Waals surface area contributed by atoms with Gasteiger partial charge in [-0.05, 0) is 40.6 Å². The third-order valence-electron chi connectivity index (χ3n) is 5.87. The molecule has 6 heteroatoms. The summed E-state index contributed by atoms with van der Waals surface area (Å²) in [4.78, 5) is 25.0. The first kappa shape index (κ1) is 22.1. The summed E-state index contributed by atoms with van der Waals surface area (Å²) in [6.45, 7) is 0. The van der Waals surface area contributed by atoms with Crippen LogP contribution < -0.4 is 5.32 Å². The second kappa shape index (κ2) is 9.65. The first-order valence-electron chi connectivity index (χ1n) is 11.3. The van der Waals surface area contributed by atoms with Gasteiger partial charge in [0.15, 0.2) is 5.69 Å². The zero-order chi connectivity index (χ0) is 24.2. The number of amides is 1. The lowest BCUT2D eigenvalue weighted by molar-refractivity contribution is -0.139. The molecule has 6 nitrogen and oxygen atoms in total. The fourth-order valence-corrected chi connectivity index (χ4v) is 4.09. The van der Waals surface area contributed by atoms with E-state index in [2.05, 4.69) is 16.5 Å². The van der Waals surface area contributed by atoms with Crippen molar-refractivity contribution in [1.82, 2.24) is 15.1 Å². The molecule has 1 atom stereocenters. The van der Waals surface area contributed by atoms with Crippen molar-refractivity contribution in [1.29, 1.82) is 0 Å². The Labute approximate surface area is 202 Å². The van der Waals surface area contributed by atoms with E-state index in [0.29, 0.717) is 0 Å². The lowest BCUT2D eigenvalue weighted by Gasteiger charge is -2.13. The molecule has 0 saturated heterocycles. The zero-order valence-electron chi connectivity index (χ0n) is 18.8. The summed E-state index contributed by atoms with van der Waals surface area (Å²) in [5, 5.41) is 19.1. The van der Waals surface area contributed by atoms with Crippen molar-refractivity contribution in [3.8, 4) is 16.9 Å². The zero-order valence-corrected chi connectivity index (χ0v) is 18.8. The smallest absolute Gasteiger partial charge is 0.326 e. The van der Waals surface area contributed by atoms with Crippen LogP contribution in [0.2, 0.25) is 0 Å². The van der Waals surface area contributed by atoms with Gasteiger partial charge in [-0.1, -0.05) is 84.9 Å². The standard InChI is InChI=1S/C29H23N3O3/c33-28(30-26(29(34)35)17-20-9-3-1-4-10-20)25-19-27(32(31-25)24-13-5-2-6-14-24)23-16-15-21-11-7-8-12-22(21)18-23/h1-16,18-19,26H,17H2,(H,30,33)(H,34,35). The van der Waals surface area contributed by atoms with Gasteiger partial charge in [-0.2, -0.15) is 5.10 Å². The number of hydrogen-bond acceptors (Lipinski definition) is 3. The molecule has 0 aliphatic heterocycles. The Bertz CT molecular complexity index is 1490. The van der Waals surface area contributed by atoms with E-state index in [-0.39, 0.29) is 12.1 Å². The third-order valence-corrected chi connectivity index (χ3v) is 5.87. The maximum Gasteiger partial charge on any atom is 0.326 e. The van der Waals surface area contributed by atoms with Crippen LogP contribution in [-0.2, 0) is 11.2 Å². The average molecular weight is 462 g/mol. The van der Waals surface area contributed by atoms with Crippen LogP contribution in [-0.4, -0.2) is 32.8 Å². The summed E-state index contributed by atoms with van der Waals surface area (Å²) in [7, 11) is 0. The van der Waals surface area contributed by atoms with E-state index in [9.17, 15) is 14.7 Å². The largest absolute Gasteiger partial charge is 0.480 e. The van der Waals surface area contributed by atoms with Crippen molar-refractivity contribution in [2.75, 3.05) is 0 Å². The van der Waals surface area contributed by atoms with E-state index in [1.807, 2.05) is 97.1 Å². The van der Waals surface area contributed by atoms with Crippen LogP contribution in [0.15, 0.2) is 109 Å². The highest BCUT2D eigenvalue weighted by molar-refractivity contribution is 5.96. The van der Waals surface area contributed by atoms with Gasteiger partial charge in [-0.15, -0.1) is 0 Å². The molecule has 35 heavy (non-hydrogen) atoms. The van der Waals surface area contributed by atoms with Crippen LogP contribution >= 0.6 is 0 Å². The number of hydrogen-bond donors (Lipinski definition) is 2. The minimum atomic E-state index is -1.10. The highest BCUT2D eigenvalue weighted by Gasteiger charge is 2.24. The molecule has 1 heterocycles. The fraction of sp³-hybridized carbons (Fsp3) is 0.0690. The van der Waals surface area contributed by atoms with E-state index in [4.69, 9.17) is 0 Å². The van der Waals surface area contributed by atoms with Gasteiger partial charge >= 0.3 is 5.97 Å². The summed E-state index contributed by atoms with van der Waals surface area (Å²) in [6.07, 6.45) is 0.179. The van der Waals surface area contributed by atoms with Crippen molar-refractivity contribution >= 4 is 22.6 Å². The van der Waals surface area contributed by atoms with E-state index >= 15 is 0 Å². The molecule has 1 amide bonds. The fourth-order valence-electron chi connectivity index (χ4n) is 4.09. The Kier molecular flexibility index (Phi) is 6.09. The van der Waals surface area contributed by atoms with Crippen LogP contribution in [0.5, 0.6) is 0 Å². The third kappa shape index (κ3) is 4.82. The maximum atomic E-state index is 13.1. The SMILES string of the molecule is O=C(NC(Cc1ccccc1)C(=O)O)c1cc(-c2ccc3ccccc3c2)n(-c2ccccc2)n1. The number of rotatable bonds is 7. The van der Waals surface area contributed by atoms with E-state index in [1.54, 1.807) is 10.7 Å². The number of nitrogens with zero attached hydrogens (tertiary/aromatic N) is 2. The predicted molar refractivity (Wildman–Crippen MR) is 136 cm³/mol. The first-order chi connectivity index (χ1) is 17.1. The second-order valence-corrected chi connectivity index (χ2v) is 8.28. The van der Waals surface area contributed by atoms with Crippen molar-refractivity contribution in [2.24, 2.45) is 0 Å². The Balaban J connectivity index is 1.51. The summed E-state index contributed by atoms with van der Waals surface area (Å²) in [6, 6.07) is 33.5. The number of carboxylic acid groups (broad SMARTS) is 1. The van der Waals surface area contributed by atoms with Crippen LogP contribution in [0, 0.1) is 0 Å². The van der Waals surface area contributed by atoms with Crippen LogP contribution in [0.4, 0.5) is 0 Å². The molecule has 5 aromatic rings. The maximum absolute atomic E-state index is 13.1. The molecule has 0 radical (unpaired) electrons. The normalized spacial score (nSPS) is 11.8. The van der Waals surface area contributed by atoms with E-state index in [1.165, 1.54) is 0 Å². The molecule has 1 aromatic heterocycles. The van der Waals surface area contributed by atoms with Gasteiger partial charge < -0.3 is 10.4 Å². The van der Waals surface area contributed by atoms with Crippen molar-refractivity contribution in [3.05, 3.63) is 120 Å². The lowest BCUT2D eigenvalue weighted by Crippen LogP contribution is -2.42. The number of aliphatic carboxylic acids is 1. The average Bonchev–Trinajstić information content (AvgIpc) is 3.35. The molecule has 5 rings (SSSR count). The van der Waals surface area contributed by atoms with E-state index in [0.717, 1.165) is 33.3 Å². The molecule has 1 unspecified atom stereocenters. The molecule has 0 fully saturated rings. The van der Waals surface area contributed by atoms with Gasteiger partial charge in [0.1, 0.15) is 6.04 Å². The Morgan fingerprint density at radius 1 is 0.800 bits per heavy atom. The molecule has 172 valence electrons. The number of carbonyl (C=O) groups excluding carboxylic acids is 1. The minimum Gasteiger partial charge on any atom is -0.480 e. The molecule has 2 N–H and O–H groups in total. The van der Waals surface area contributed by atoms with Crippen LogP contribution in [0.3, 0.4) is 0 Å². The summed E-state index contributed by atoms with van der Waals surface area (Å²) < 4.78 is 1.71. The number of aromatic nitrogens is 2. The van der Waals surface area contributed by atoms with Crippen LogP contribution in [0.25, 0.3) is 27.7 Å². The minimum absolute atomic E-state index is 0.149. The summed E-state index contributed by atoms with van der Waals surface area (Å²) in [5.74, 6) is -1.63. The van der Waals surface area contributed by atoms with Crippen molar-refractivity contribution in [3.63, 3.8) is 0 Å². The molecule has 0 aliphatic carbocycles.